The van der Waals surface area contributed by atoms with Gasteiger partial charge in [-0.05, 0) is 42.6 Å². The fraction of sp³-hybridized carbons (Fsp3) is 0.500. The minimum absolute atomic E-state index is 0.0884. The monoisotopic (exact) mass is 413 g/mol. The van der Waals surface area contributed by atoms with Crippen LogP contribution in [-0.2, 0) is 14.3 Å². The normalized spacial score (nSPS) is 21.0. The molecule has 0 fully saturated rings. The lowest BCUT2D eigenvalue weighted by molar-refractivity contribution is -0.138. The van der Waals surface area contributed by atoms with Gasteiger partial charge in [-0.1, -0.05) is 45.0 Å². The van der Waals surface area contributed by atoms with Crippen LogP contribution in [0.15, 0.2) is 46.8 Å². The Balaban J connectivity index is 2.05. The van der Waals surface area contributed by atoms with Crippen LogP contribution < -0.4 is 5.32 Å². The number of ketones is 1. The predicted octanol–water partition coefficient (Wildman–Crippen LogP) is 4.90. The molecule has 29 heavy (non-hydrogen) atoms. The zero-order chi connectivity index (χ0) is 21.2. The van der Waals surface area contributed by atoms with Crippen molar-refractivity contribution in [3.8, 4) is 0 Å². The molecule has 2 aliphatic rings. The molecule has 4 nitrogen and oxygen atoms in total. The molecule has 1 atom stereocenters. The smallest absolute Gasteiger partial charge is 0.336 e. The van der Waals surface area contributed by atoms with E-state index >= 15 is 0 Å². The SMILES string of the molecule is CCSCCOC(=O)C1=C(C)NC2=C(C(=O)CC(C)(C)C2)C1c1ccccc1C. The van der Waals surface area contributed by atoms with Crippen molar-refractivity contribution in [3.05, 3.63) is 57.9 Å². The minimum Gasteiger partial charge on any atom is -0.461 e. The van der Waals surface area contributed by atoms with Crippen LogP contribution in [-0.4, -0.2) is 29.9 Å². The van der Waals surface area contributed by atoms with Crippen molar-refractivity contribution in [1.29, 1.82) is 0 Å². The molecule has 0 aromatic heterocycles. The Kier molecular flexibility index (Phi) is 6.57. The van der Waals surface area contributed by atoms with E-state index in [2.05, 4.69) is 26.1 Å². The quantitative estimate of drug-likeness (QED) is 0.531. The van der Waals surface area contributed by atoms with Crippen molar-refractivity contribution in [1.82, 2.24) is 5.32 Å². The van der Waals surface area contributed by atoms with Gasteiger partial charge in [-0.3, -0.25) is 4.79 Å². The van der Waals surface area contributed by atoms with Crippen LogP contribution in [0.4, 0.5) is 0 Å². The van der Waals surface area contributed by atoms with Crippen LogP contribution in [0.25, 0.3) is 0 Å². The number of dihydropyridines is 1. The van der Waals surface area contributed by atoms with Crippen molar-refractivity contribution >= 4 is 23.5 Å². The van der Waals surface area contributed by atoms with Crippen LogP contribution in [0.1, 0.15) is 57.6 Å². The number of benzene rings is 1. The first kappa shape index (κ1) is 21.7. The van der Waals surface area contributed by atoms with Crippen LogP contribution in [0.5, 0.6) is 0 Å². The lowest BCUT2D eigenvalue weighted by Gasteiger charge is -2.39. The van der Waals surface area contributed by atoms with Crippen molar-refractivity contribution in [2.24, 2.45) is 5.41 Å². The predicted molar refractivity (Wildman–Crippen MR) is 119 cm³/mol. The second-order valence-electron chi connectivity index (χ2n) is 8.62. The number of ether oxygens (including phenoxy) is 1. The lowest BCUT2D eigenvalue weighted by atomic mass is 9.68. The summed E-state index contributed by atoms with van der Waals surface area (Å²) in [4.78, 5) is 26.3. The Morgan fingerprint density at radius 3 is 2.66 bits per heavy atom. The fourth-order valence-electron chi connectivity index (χ4n) is 4.34. The topological polar surface area (TPSA) is 55.4 Å². The van der Waals surface area contributed by atoms with E-state index in [0.717, 1.165) is 46.0 Å². The molecule has 0 spiro atoms. The molecule has 3 rings (SSSR count). The number of allylic oxidation sites excluding steroid dienone is 3. The number of carbonyl (C=O) groups excluding carboxylic acids is 2. The first-order valence-corrected chi connectivity index (χ1v) is 11.4. The molecule has 1 aliphatic heterocycles. The largest absolute Gasteiger partial charge is 0.461 e. The molecular formula is C24H31NO3S. The number of esters is 1. The Hall–Kier alpha value is -2.01. The van der Waals surface area contributed by atoms with Crippen LogP contribution in [0, 0.1) is 12.3 Å². The van der Waals surface area contributed by atoms with E-state index in [-0.39, 0.29) is 23.1 Å². The molecule has 0 saturated carbocycles. The fourth-order valence-corrected chi connectivity index (χ4v) is 4.83. The van der Waals surface area contributed by atoms with Gasteiger partial charge in [0.25, 0.3) is 0 Å². The molecule has 0 amide bonds. The third-order valence-corrected chi connectivity index (χ3v) is 6.49. The van der Waals surface area contributed by atoms with Crippen molar-refractivity contribution in [2.45, 2.75) is 53.4 Å². The summed E-state index contributed by atoms with van der Waals surface area (Å²) in [7, 11) is 0. The first-order valence-electron chi connectivity index (χ1n) is 10.3. The Morgan fingerprint density at radius 2 is 1.97 bits per heavy atom. The molecule has 156 valence electrons. The molecule has 1 unspecified atom stereocenters. The number of hydrogen-bond donors (Lipinski definition) is 1. The summed E-state index contributed by atoms with van der Waals surface area (Å²) < 4.78 is 5.61. The molecule has 1 aromatic carbocycles. The van der Waals surface area contributed by atoms with E-state index in [4.69, 9.17) is 4.74 Å². The van der Waals surface area contributed by atoms with E-state index < -0.39 is 0 Å². The molecule has 1 aromatic rings. The summed E-state index contributed by atoms with van der Waals surface area (Å²) in [6.45, 7) is 10.6. The van der Waals surface area contributed by atoms with Crippen LogP contribution >= 0.6 is 11.8 Å². The summed E-state index contributed by atoms with van der Waals surface area (Å²) in [6.07, 6.45) is 1.29. The van der Waals surface area contributed by atoms with Crippen LogP contribution in [0.2, 0.25) is 0 Å². The van der Waals surface area contributed by atoms with Gasteiger partial charge in [0.1, 0.15) is 6.61 Å². The van der Waals surface area contributed by atoms with E-state index in [1.165, 1.54) is 0 Å². The highest BCUT2D eigenvalue weighted by Gasteiger charge is 2.43. The summed E-state index contributed by atoms with van der Waals surface area (Å²) in [6, 6.07) is 8.01. The minimum atomic E-state index is -0.373. The van der Waals surface area contributed by atoms with Gasteiger partial charge in [-0.2, -0.15) is 11.8 Å². The maximum absolute atomic E-state index is 13.2. The lowest BCUT2D eigenvalue weighted by Crippen LogP contribution is -2.39. The highest BCUT2D eigenvalue weighted by atomic mass is 32.2. The zero-order valence-electron chi connectivity index (χ0n) is 18.1. The molecule has 0 radical (unpaired) electrons. The standard InChI is InChI=1S/C24H31NO3S/c1-6-29-12-11-28-23(27)20-16(3)25-18-13-24(4,5)14-19(26)22(18)21(20)17-10-8-7-9-15(17)2/h7-10,21,25H,6,11-14H2,1-5H3. The summed E-state index contributed by atoms with van der Waals surface area (Å²) >= 11 is 1.74. The van der Waals surface area contributed by atoms with Gasteiger partial charge in [-0.15, -0.1) is 0 Å². The number of rotatable bonds is 6. The number of carbonyl (C=O) groups is 2. The van der Waals surface area contributed by atoms with Crippen molar-refractivity contribution < 1.29 is 14.3 Å². The number of aryl methyl sites for hydroxylation is 1. The maximum atomic E-state index is 13.2. The molecule has 1 aliphatic carbocycles. The van der Waals surface area contributed by atoms with Gasteiger partial charge in [-0.25, -0.2) is 4.79 Å². The van der Waals surface area contributed by atoms with Gasteiger partial charge < -0.3 is 10.1 Å². The van der Waals surface area contributed by atoms with Gasteiger partial charge in [0, 0.05) is 35.1 Å². The molecular weight excluding hydrogens is 382 g/mol. The second kappa shape index (κ2) is 8.78. The molecule has 0 bridgehead atoms. The average molecular weight is 414 g/mol. The van der Waals surface area contributed by atoms with Gasteiger partial charge in [0.05, 0.1) is 5.57 Å². The summed E-state index contributed by atoms with van der Waals surface area (Å²) in [5.41, 5.74) is 5.03. The molecule has 0 saturated heterocycles. The Morgan fingerprint density at radius 1 is 1.24 bits per heavy atom. The van der Waals surface area contributed by atoms with Gasteiger partial charge in [0.15, 0.2) is 5.78 Å². The first-order chi connectivity index (χ1) is 13.7. The van der Waals surface area contributed by atoms with E-state index in [1.54, 1.807) is 11.8 Å². The number of thioether (sulfide) groups is 1. The van der Waals surface area contributed by atoms with E-state index in [9.17, 15) is 9.59 Å². The Labute approximate surface area is 178 Å². The average Bonchev–Trinajstić information content (AvgIpc) is 2.63. The molecule has 5 heteroatoms. The summed E-state index contributed by atoms with van der Waals surface area (Å²) in [5.74, 6) is 1.19. The van der Waals surface area contributed by atoms with Gasteiger partial charge in [0.2, 0.25) is 0 Å². The van der Waals surface area contributed by atoms with E-state index in [0.29, 0.717) is 18.6 Å². The van der Waals surface area contributed by atoms with Crippen molar-refractivity contribution in [3.63, 3.8) is 0 Å². The summed E-state index contributed by atoms with van der Waals surface area (Å²) in [5, 5.41) is 3.39. The number of Topliss-reactive ketones (excluding diaryl/α,β-unsaturated/α-hetero) is 1. The van der Waals surface area contributed by atoms with Gasteiger partial charge >= 0.3 is 5.97 Å². The zero-order valence-corrected chi connectivity index (χ0v) is 18.9. The molecule has 1 heterocycles. The maximum Gasteiger partial charge on any atom is 0.336 e. The highest BCUT2D eigenvalue weighted by molar-refractivity contribution is 7.99. The number of hydrogen-bond acceptors (Lipinski definition) is 5. The Bertz CT molecular complexity index is 882. The third kappa shape index (κ3) is 4.61. The second-order valence-corrected chi connectivity index (χ2v) is 10.0. The third-order valence-electron chi connectivity index (χ3n) is 5.62. The molecule has 1 N–H and O–H groups in total. The van der Waals surface area contributed by atoms with Crippen LogP contribution in [0.3, 0.4) is 0 Å². The van der Waals surface area contributed by atoms with Crippen molar-refractivity contribution in [2.75, 3.05) is 18.1 Å². The number of nitrogens with one attached hydrogen (secondary N) is 1. The van der Waals surface area contributed by atoms with E-state index in [1.807, 2.05) is 38.1 Å². The highest BCUT2D eigenvalue weighted by Crippen LogP contribution is 2.47.